The Hall–Kier alpha value is -5.24. The van der Waals surface area contributed by atoms with Crippen LogP contribution in [0.5, 0.6) is 0 Å². The molecule has 0 aliphatic heterocycles. The fourth-order valence-corrected chi connectivity index (χ4v) is 8.24. The molecule has 0 saturated carbocycles. The molecule has 0 spiro atoms. The molecule has 0 aliphatic carbocycles. The zero-order valence-corrected chi connectivity index (χ0v) is 24.2. The topological polar surface area (TPSA) is 0 Å². The number of hydrogen-bond donors (Lipinski definition) is 0. The minimum atomic E-state index is 1.23. The van der Waals surface area contributed by atoms with Crippen LogP contribution in [0.1, 0.15) is 0 Å². The Bertz CT molecular complexity index is 2440. The summed E-state index contributed by atoms with van der Waals surface area (Å²) in [7, 11) is 0. The highest BCUT2D eigenvalue weighted by atomic mass is 32.1. The molecule has 0 bridgehead atoms. The van der Waals surface area contributed by atoms with Gasteiger partial charge >= 0.3 is 0 Å². The Labute approximate surface area is 254 Å². The van der Waals surface area contributed by atoms with E-state index >= 15 is 0 Å². The Balaban J connectivity index is 1.35. The van der Waals surface area contributed by atoms with Crippen LogP contribution < -0.4 is 0 Å². The van der Waals surface area contributed by atoms with E-state index in [1.165, 1.54) is 85.9 Å². The van der Waals surface area contributed by atoms with Gasteiger partial charge in [-0.1, -0.05) is 152 Å². The molecule has 0 atom stereocenters. The van der Waals surface area contributed by atoms with Crippen LogP contribution in [-0.2, 0) is 0 Å². The van der Waals surface area contributed by atoms with E-state index < -0.39 is 0 Å². The van der Waals surface area contributed by atoms with Gasteiger partial charge in [0.1, 0.15) is 0 Å². The van der Waals surface area contributed by atoms with Crippen LogP contribution in [0.15, 0.2) is 158 Å². The quantitative estimate of drug-likeness (QED) is 0.188. The molecule has 0 amide bonds. The highest BCUT2D eigenvalue weighted by Crippen LogP contribution is 2.47. The van der Waals surface area contributed by atoms with E-state index in [1.807, 2.05) is 11.3 Å². The van der Waals surface area contributed by atoms with Crippen LogP contribution in [0.4, 0.5) is 0 Å². The van der Waals surface area contributed by atoms with Crippen molar-refractivity contribution in [3.05, 3.63) is 158 Å². The molecular weight excluding hydrogens is 537 g/mol. The van der Waals surface area contributed by atoms with Gasteiger partial charge in [0.15, 0.2) is 0 Å². The molecule has 0 unspecified atom stereocenters. The lowest BCUT2D eigenvalue weighted by Crippen LogP contribution is -1.92. The molecule has 1 heterocycles. The molecule has 0 saturated heterocycles. The summed E-state index contributed by atoms with van der Waals surface area (Å²) >= 11 is 1.91. The van der Waals surface area contributed by atoms with Gasteiger partial charge in [-0.05, 0) is 71.8 Å². The van der Waals surface area contributed by atoms with Crippen molar-refractivity contribution in [2.75, 3.05) is 0 Å². The third-order valence-electron chi connectivity index (χ3n) is 8.86. The van der Waals surface area contributed by atoms with E-state index in [1.54, 1.807) is 0 Å². The second-order valence-corrected chi connectivity index (χ2v) is 12.3. The summed E-state index contributed by atoms with van der Waals surface area (Å²) in [6, 6.07) is 57.9. The van der Waals surface area contributed by atoms with Crippen molar-refractivity contribution >= 4 is 63.8 Å². The Morgan fingerprint density at radius 2 is 0.884 bits per heavy atom. The lowest BCUT2D eigenvalue weighted by molar-refractivity contribution is 1.61. The molecule has 43 heavy (non-hydrogen) atoms. The zero-order valence-electron chi connectivity index (χ0n) is 23.4. The Morgan fingerprint density at radius 3 is 1.60 bits per heavy atom. The highest BCUT2D eigenvalue weighted by Gasteiger charge is 2.19. The van der Waals surface area contributed by atoms with Crippen LogP contribution in [0, 0.1) is 0 Å². The monoisotopic (exact) mass is 562 g/mol. The summed E-state index contributed by atoms with van der Waals surface area (Å²) in [6.07, 6.45) is 0. The van der Waals surface area contributed by atoms with Crippen LogP contribution in [0.3, 0.4) is 0 Å². The van der Waals surface area contributed by atoms with Crippen LogP contribution in [0.2, 0.25) is 0 Å². The van der Waals surface area contributed by atoms with Crippen molar-refractivity contribution in [3.63, 3.8) is 0 Å². The van der Waals surface area contributed by atoms with E-state index in [4.69, 9.17) is 0 Å². The number of rotatable bonds is 3. The SMILES string of the molecule is c1ccc(-c2ccccc2-c2c3ccccc3c(-c3ccc4c(c3)sc3c5ccccc5ccc43)c3ccccc23)cc1. The summed E-state index contributed by atoms with van der Waals surface area (Å²) in [6.45, 7) is 0. The van der Waals surface area contributed by atoms with Crippen LogP contribution in [0.25, 0.3) is 85.9 Å². The Kier molecular flexibility index (Phi) is 5.47. The smallest absolute Gasteiger partial charge is 0.0433 e. The molecule has 9 aromatic rings. The second-order valence-electron chi connectivity index (χ2n) is 11.2. The summed E-state index contributed by atoms with van der Waals surface area (Å²) in [5.41, 5.74) is 7.61. The predicted molar refractivity (Wildman–Crippen MR) is 188 cm³/mol. The van der Waals surface area contributed by atoms with Gasteiger partial charge in [-0.25, -0.2) is 0 Å². The maximum absolute atomic E-state index is 2.42. The van der Waals surface area contributed by atoms with Gasteiger partial charge in [0.25, 0.3) is 0 Å². The van der Waals surface area contributed by atoms with Crippen molar-refractivity contribution in [1.82, 2.24) is 0 Å². The van der Waals surface area contributed by atoms with E-state index in [-0.39, 0.29) is 0 Å². The largest absolute Gasteiger partial charge is 0.135 e. The van der Waals surface area contributed by atoms with Crippen molar-refractivity contribution in [2.45, 2.75) is 0 Å². The van der Waals surface area contributed by atoms with Gasteiger partial charge in [-0.2, -0.15) is 0 Å². The summed E-state index contributed by atoms with van der Waals surface area (Å²) < 4.78 is 2.70. The van der Waals surface area contributed by atoms with E-state index in [0.717, 1.165) is 0 Å². The number of fused-ring (bicyclic) bond motifs is 7. The highest BCUT2D eigenvalue weighted by molar-refractivity contribution is 7.26. The fraction of sp³-hybridized carbons (Fsp3) is 0. The van der Waals surface area contributed by atoms with Crippen molar-refractivity contribution in [1.29, 1.82) is 0 Å². The van der Waals surface area contributed by atoms with Crippen LogP contribution >= 0.6 is 11.3 Å². The average Bonchev–Trinajstić information content (AvgIpc) is 3.46. The van der Waals surface area contributed by atoms with Crippen molar-refractivity contribution in [2.24, 2.45) is 0 Å². The molecule has 0 aliphatic rings. The lowest BCUT2D eigenvalue weighted by atomic mass is 9.84. The molecule has 1 aromatic heterocycles. The zero-order chi connectivity index (χ0) is 28.3. The molecule has 200 valence electrons. The fourth-order valence-electron chi connectivity index (χ4n) is 6.96. The van der Waals surface area contributed by atoms with E-state index in [2.05, 4.69) is 158 Å². The van der Waals surface area contributed by atoms with Gasteiger partial charge in [-0.3, -0.25) is 0 Å². The van der Waals surface area contributed by atoms with Gasteiger partial charge in [0.05, 0.1) is 0 Å². The molecule has 8 aromatic carbocycles. The number of hydrogen-bond acceptors (Lipinski definition) is 1. The molecular formula is C42H26S. The maximum atomic E-state index is 2.42. The maximum Gasteiger partial charge on any atom is 0.0433 e. The van der Waals surface area contributed by atoms with Crippen LogP contribution in [-0.4, -0.2) is 0 Å². The molecule has 0 fully saturated rings. The molecule has 9 rings (SSSR count). The molecule has 0 radical (unpaired) electrons. The number of thiophene rings is 1. The molecule has 0 nitrogen and oxygen atoms in total. The van der Waals surface area contributed by atoms with E-state index in [9.17, 15) is 0 Å². The van der Waals surface area contributed by atoms with Gasteiger partial charge in [0, 0.05) is 20.2 Å². The summed E-state index contributed by atoms with van der Waals surface area (Å²) in [5, 5.41) is 10.4. The first-order valence-corrected chi connectivity index (χ1v) is 15.6. The first-order valence-electron chi connectivity index (χ1n) is 14.8. The van der Waals surface area contributed by atoms with Gasteiger partial charge in [0.2, 0.25) is 0 Å². The first-order chi connectivity index (χ1) is 21.3. The Morgan fingerprint density at radius 1 is 0.326 bits per heavy atom. The van der Waals surface area contributed by atoms with Crippen molar-refractivity contribution in [3.8, 4) is 33.4 Å². The second kappa shape index (κ2) is 9.66. The lowest BCUT2D eigenvalue weighted by Gasteiger charge is -2.19. The predicted octanol–water partition coefficient (Wildman–Crippen LogP) is 12.5. The van der Waals surface area contributed by atoms with Gasteiger partial charge in [-0.15, -0.1) is 11.3 Å². The minimum absolute atomic E-state index is 1.23. The standard InChI is InChI=1S/C42H26S/c1-2-12-27(13-3-1)30-15-6-7-17-33(30)41-36-20-10-8-18-34(36)40(35-19-9-11-21-37(35)41)29-23-24-32-38-25-22-28-14-4-5-16-31(28)42(38)43-39(32)26-29/h1-26H. The third-order valence-corrected chi connectivity index (χ3v) is 10.1. The minimum Gasteiger partial charge on any atom is -0.135 e. The molecule has 1 heteroatoms. The average molecular weight is 563 g/mol. The van der Waals surface area contributed by atoms with Gasteiger partial charge < -0.3 is 0 Å². The first kappa shape index (κ1) is 24.4. The van der Waals surface area contributed by atoms with Crippen molar-refractivity contribution < 1.29 is 0 Å². The summed E-state index contributed by atoms with van der Waals surface area (Å²) in [5.74, 6) is 0. The van der Waals surface area contributed by atoms with E-state index in [0.29, 0.717) is 0 Å². The number of benzene rings is 8. The third kappa shape index (κ3) is 3.75. The molecule has 0 N–H and O–H groups in total. The normalized spacial score (nSPS) is 11.7. The summed E-state index contributed by atoms with van der Waals surface area (Å²) in [4.78, 5) is 0.